The number of non-ortho nitro benzene ring substituents is 1. The second-order valence-electron chi connectivity index (χ2n) is 3.77. The number of nitro benzene ring substituents is 1. The molecule has 6 heteroatoms. The molecule has 0 atom stereocenters. The normalized spacial score (nSPS) is 10.2. The Morgan fingerprint density at radius 1 is 1.26 bits per heavy atom. The van der Waals surface area contributed by atoms with Crippen molar-refractivity contribution in [1.82, 2.24) is 0 Å². The summed E-state index contributed by atoms with van der Waals surface area (Å²) in [5, 5.41) is 19.9. The standard InChI is InChI=1S/C13H10BrNO4/c14-10-2-1-3-12(7-10)19-13-5-4-11(15(17)18)6-9(13)8-16/h1-7,16H,8H2. The Morgan fingerprint density at radius 2 is 2.05 bits per heavy atom. The van der Waals surface area contributed by atoms with Crippen molar-refractivity contribution in [2.75, 3.05) is 0 Å². The number of benzene rings is 2. The van der Waals surface area contributed by atoms with Gasteiger partial charge in [0.1, 0.15) is 11.5 Å². The van der Waals surface area contributed by atoms with E-state index in [4.69, 9.17) is 4.74 Å². The molecule has 2 aromatic carbocycles. The van der Waals surface area contributed by atoms with Gasteiger partial charge in [0.2, 0.25) is 0 Å². The Labute approximate surface area is 117 Å². The molecule has 0 saturated heterocycles. The maximum absolute atomic E-state index is 10.7. The third-order valence-corrected chi connectivity index (χ3v) is 2.94. The van der Waals surface area contributed by atoms with Gasteiger partial charge in [0.05, 0.1) is 11.5 Å². The fraction of sp³-hybridized carbons (Fsp3) is 0.0769. The van der Waals surface area contributed by atoms with E-state index in [9.17, 15) is 15.2 Å². The van der Waals surface area contributed by atoms with Crippen LogP contribution in [0.1, 0.15) is 5.56 Å². The molecule has 2 rings (SSSR count). The van der Waals surface area contributed by atoms with Crippen LogP contribution >= 0.6 is 15.9 Å². The molecule has 0 unspecified atom stereocenters. The third-order valence-electron chi connectivity index (χ3n) is 2.45. The molecule has 19 heavy (non-hydrogen) atoms. The van der Waals surface area contributed by atoms with Crippen molar-refractivity contribution in [2.45, 2.75) is 6.61 Å². The van der Waals surface area contributed by atoms with Crippen LogP contribution in [0.2, 0.25) is 0 Å². The van der Waals surface area contributed by atoms with Crippen LogP contribution in [0.4, 0.5) is 5.69 Å². The SMILES string of the molecule is O=[N+]([O-])c1ccc(Oc2cccc(Br)c2)c(CO)c1. The summed E-state index contributed by atoms with van der Waals surface area (Å²) in [6, 6.07) is 11.3. The first-order chi connectivity index (χ1) is 9.10. The monoisotopic (exact) mass is 323 g/mol. The molecule has 0 aliphatic rings. The summed E-state index contributed by atoms with van der Waals surface area (Å²) in [5.41, 5.74) is 0.291. The molecule has 0 bridgehead atoms. The zero-order valence-electron chi connectivity index (χ0n) is 9.75. The Morgan fingerprint density at radius 3 is 2.68 bits per heavy atom. The van der Waals surface area contributed by atoms with E-state index in [0.29, 0.717) is 17.1 Å². The molecule has 0 radical (unpaired) electrons. The largest absolute Gasteiger partial charge is 0.457 e. The Balaban J connectivity index is 2.32. The van der Waals surface area contributed by atoms with E-state index >= 15 is 0 Å². The molecule has 0 saturated carbocycles. The van der Waals surface area contributed by atoms with Crippen LogP contribution in [0.15, 0.2) is 46.9 Å². The lowest BCUT2D eigenvalue weighted by Gasteiger charge is -2.09. The predicted molar refractivity (Wildman–Crippen MR) is 73.2 cm³/mol. The minimum absolute atomic E-state index is 0.0781. The van der Waals surface area contributed by atoms with Gasteiger partial charge in [-0.1, -0.05) is 22.0 Å². The van der Waals surface area contributed by atoms with E-state index in [0.717, 1.165) is 4.47 Å². The molecule has 1 N–H and O–H groups in total. The maximum Gasteiger partial charge on any atom is 0.270 e. The van der Waals surface area contributed by atoms with Crippen molar-refractivity contribution in [1.29, 1.82) is 0 Å². The summed E-state index contributed by atoms with van der Waals surface area (Å²) in [5.74, 6) is 0.976. The number of rotatable bonds is 4. The summed E-state index contributed by atoms with van der Waals surface area (Å²) in [6.45, 7) is -0.328. The predicted octanol–water partition coefficient (Wildman–Crippen LogP) is 3.64. The molecule has 0 aliphatic heterocycles. The highest BCUT2D eigenvalue weighted by Gasteiger charge is 2.11. The quantitative estimate of drug-likeness (QED) is 0.688. The lowest BCUT2D eigenvalue weighted by molar-refractivity contribution is -0.385. The molecule has 0 aromatic heterocycles. The van der Waals surface area contributed by atoms with Gasteiger partial charge in [-0.2, -0.15) is 0 Å². The molecule has 0 fully saturated rings. The summed E-state index contributed by atoms with van der Waals surface area (Å²) < 4.78 is 6.46. The highest BCUT2D eigenvalue weighted by Crippen LogP contribution is 2.29. The lowest BCUT2D eigenvalue weighted by atomic mass is 10.2. The Kier molecular flexibility index (Phi) is 4.13. The van der Waals surface area contributed by atoms with Crippen molar-refractivity contribution in [3.8, 4) is 11.5 Å². The second-order valence-corrected chi connectivity index (χ2v) is 4.68. The summed E-state index contributed by atoms with van der Waals surface area (Å²) in [6.07, 6.45) is 0. The molecular weight excluding hydrogens is 314 g/mol. The van der Waals surface area contributed by atoms with Crippen molar-refractivity contribution >= 4 is 21.6 Å². The summed E-state index contributed by atoms with van der Waals surface area (Å²) in [4.78, 5) is 10.1. The van der Waals surface area contributed by atoms with Gasteiger partial charge < -0.3 is 9.84 Å². The Bertz CT molecular complexity index is 615. The number of hydrogen-bond donors (Lipinski definition) is 1. The molecule has 0 aliphatic carbocycles. The van der Waals surface area contributed by atoms with Crippen molar-refractivity contribution in [3.05, 3.63) is 62.6 Å². The minimum atomic E-state index is -0.512. The fourth-order valence-electron chi connectivity index (χ4n) is 1.56. The number of halogens is 1. The van der Waals surface area contributed by atoms with Crippen LogP contribution in [-0.2, 0) is 6.61 Å². The van der Waals surface area contributed by atoms with Crippen LogP contribution in [0, 0.1) is 10.1 Å². The van der Waals surface area contributed by atoms with E-state index in [1.54, 1.807) is 12.1 Å². The van der Waals surface area contributed by atoms with E-state index in [-0.39, 0.29) is 12.3 Å². The number of ether oxygens (including phenoxy) is 1. The van der Waals surface area contributed by atoms with Gasteiger partial charge in [-0.3, -0.25) is 10.1 Å². The first kappa shape index (κ1) is 13.5. The number of hydrogen-bond acceptors (Lipinski definition) is 4. The lowest BCUT2D eigenvalue weighted by Crippen LogP contribution is -1.95. The smallest absolute Gasteiger partial charge is 0.270 e. The van der Waals surface area contributed by atoms with Crippen LogP contribution in [0.25, 0.3) is 0 Å². The first-order valence-electron chi connectivity index (χ1n) is 5.42. The molecular formula is C13H10BrNO4. The topological polar surface area (TPSA) is 72.6 Å². The van der Waals surface area contributed by atoms with Gasteiger partial charge >= 0.3 is 0 Å². The van der Waals surface area contributed by atoms with Gasteiger partial charge in [-0.05, 0) is 24.3 Å². The van der Waals surface area contributed by atoms with Gasteiger partial charge in [-0.15, -0.1) is 0 Å². The molecule has 2 aromatic rings. The summed E-state index contributed by atoms with van der Waals surface area (Å²) in [7, 11) is 0. The Hall–Kier alpha value is -1.92. The van der Waals surface area contributed by atoms with E-state index in [1.165, 1.54) is 18.2 Å². The molecule has 0 amide bonds. The van der Waals surface area contributed by atoms with Crippen molar-refractivity contribution < 1.29 is 14.8 Å². The molecule has 5 nitrogen and oxygen atoms in total. The fourth-order valence-corrected chi connectivity index (χ4v) is 1.94. The van der Waals surface area contributed by atoms with E-state index < -0.39 is 4.92 Å². The molecule has 98 valence electrons. The summed E-state index contributed by atoms with van der Waals surface area (Å²) >= 11 is 3.32. The van der Waals surface area contributed by atoms with Gasteiger partial charge in [0.25, 0.3) is 5.69 Å². The van der Waals surface area contributed by atoms with E-state index in [2.05, 4.69) is 15.9 Å². The number of nitro groups is 1. The number of nitrogens with zero attached hydrogens (tertiary/aromatic N) is 1. The van der Waals surface area contributed by atoms with Crippen LogP contribution in [0.5, 0.6) is 11.5 Å². The third kappa shape index (κ3) is 3.30. The highest BCUT2D eigenvalue weighted by molar-refractivity contribution is 9.10. The number of aliphatic hydroxyl groups is 1. The van der Waals surface area contributed by atoms with Gasteiger partial charge in [0.15, 0.2) is 0 Å². The average Bonchev–Trinajstić information content (AvgIpc) is 2.39. The number of aliphatic hydroxyl groups excluding tert-OH is 1. The van der Waals surface area contributed by atoms with Crippen LogP contribution in [0.3, 0.4) is 0 Å². The van der Waals surface area contributed by atoms with Gasteiger partial charge in [0, 0.05) is 22.2 Å². The van der Waals surface area contributed by atoms with Crippen LogP contribution < -0.4 is 4.74 Å². The average molecular weight is 324 g/mol. The molecule has 0 spiro atoms. The minimum Gasteiger partial charge on any atom is -0.457 e. The van der Waals surface area contributed by atoms with Crippen molar-refractivity contribution in [2.24, 2.45) is 0 Å². The molecule has 0 heterocycles. The highest BCUT2D eigenvalue weighted by atomic mass is 79.9. The zero-order valence-corrected chi connectivity index (χ0v) is 11.3. The van der Waals surface area contributed by atoms with Crippen LogP contribution in [-0.4, -0.2) is 10.0 Å². The van der Waals surface area contributed by atoms with E-state index in [1.807, 2.05) is 12.1 Å². The first-order valence-corrected chi connectivity index (χ1v) is 6.21. The van der Waals surface area contributed by atoms with Gasteiger partial charge in [-0.25, -0.2) is 0 Å². The van der Waals surface area contributed by atoms with Crippen molar-refractivity contribution in [3.63, 3.8) is 0 Å². The zero-order chi connectivity index (χ0) is 13.8. The maximum atomic E-state index is 10.7. The second kappa shape index (κ2) is 5.81.